The van der Waals surface area contributed by atoms with E-state index in [1.807, 2.05) is 0 Å². The van der Waals surface area contributed by atoms with E-state index in [1.54, 1.807) is 43.6 Å². The molecule has 0 saturated heterocycles. The van der Waals surface area contributed by atoms with Crippen LogP contribution in [0.2, 0.25) is 0 Å². The van der Waals surface area contributed by atoms with Crippen LogP contribution in [0.1, 0.15) is 16.1 Å². The predicted molar refractivity (Wildman–Crippen MR) is 66.4 cm³/mol. The minimum absolute atomic E-state index is 0.186. The molecule has 6 heteroatoms. The van der Waals surface area contributed by atoms with Crippen molar-refractivity contribution in [2.45, 2.75) is 0 Å². The number of aryl methyl sites for hydroxylation is 1. The number of aromatic hydroxyl groups is 1. The van der Waals surface area contributed by atoms with E-state index in [4.69, 9.17) is 5.11 Å². The highest BCUT2D eigenvalue weighted by molar-refractivity contribution is 5.93. The van der Waals surface area contributed by atoms with E-state index < -0.39 is 0 Å². The molecule has 1 amide bonds. The van der Waals surface area contributed by atoms with Gasteiger partial charge in [-0.3, -0.25) is 9.48 Å². The van der Waals surface area contributed by atoms with E-state index in [2.05, 4.69) is 15.6 Å². The van der Waals surface area contributed by atoms with Crippen molar-refractivity contribution in [1.82, 2.24) is 15.2 Å². The first-order valence-corrected chi connectivity index (χ1v) is 5.27. The van der Waals surface area contributed by atoms with Gasteiger partial charge in [0.15, 0.2) is 0 Å². The van der Waals surface area contributed by atoms with Crippen LogP contribution in [0.25, 0.3) is 0 Å². The summed E-state index contributed by atoms with van der Waals surface area (Å²) in [6.45, 7) is 0. The fraction of sp³-hybridized carbons (Fsp3) is 0.0833. The summed E-state index contributed by atoms with van der Waals surface area (Å²) in [5, 5.41) is 16.8. The lowest BCUT2D eigenvalue weighted by atomic mass is 10.2. The van der Waals surface area contributed by atoms with Crippen LogP contribution in [0.4, 0.5) is 0 Å². The topological polar surface area (TPSA) is 79.5 Å². The molecule has 18 heavy (non-hydrogen) atoms. The Bertz CT molecular complexity index is 572. The monoisotopic (exact) mass is 244 g/mol. The number of hydrazone groups is 1. The molecule has 0 aliphatic heterocycles. The first-order chi connectivity index (χ1) is 8.66. The molecule has 0 radical (unpaired) electrons. The Hall–Kier alpha value is -2.63. The van der Waals surface area contributed by atoms with Gasteiger partial charge in [0.05, 0.1) is 6.21 Å². The highest BCUT2D eigenvalue weighted by atomic mass is 16.3. The molecule has 92 valence electrons. The molecule has 0 aliphatic carbocycles. The second-order valence-corrected chi connectivity index (χ2v) is 3.63. The van der Waals surface area contributed by atoms with Gasteiger partial charge >= 0.3 is 0 Å². The van der Waals surface area contributed by atoms with Gasteiger partial charge in [0, 0.05) is 13.2 Å². The lowest BCUT2D eigenvalue weighted by Gasteiger charge is -1.99. The van der Waals surface area contributed by atoms with Gasteiger partial charge in [-0.05, 0) is 35.9 Å². The number of carbonyl (C=O) groups is 1. The summed E-state index contributed by atoms with van der Waals surface area (Å²) in [4.78, 5) is 11.6. The predicted octanol–water partition coefficient (Wildman–Crippen LogP) is 0.890. The zero-order valence-electron chi connectivity index (χ0n) is 9.74. The summed E-state index contributed by atoms with van der Waals surface area (Å²) < 4.78 is 1.46. The standard InChI is InChI=1S/C12H12N4O2/c1-16-11(6-7-14-16)12(18)15-13-8-9-2-4-10(17)5-3-9/h2-8,17H,1H3,(H,15,18)/b13-8-. The molecule has 0 spiro atoms. The number of hydrogen-bond donors (Lipinski definition) is 2. The van der Waals surface area contributed by atoms with Crippen molar-refractivity contribution in [3.8, 4) is 5.75 Å². The molecule has 2 rings (SSSR count). The highest BCUT2D eigenvalue weighted by Gasteiger charge is 2.07. The molecule has 2 aromatic rings. The number of benzene rings is 1. The first kappa shape index (κ1) is 11.8. The molecule has 0 bridgehead atoms. The molecule has 0 fully saturated rings. The van der Waals surface area contributed by atoms with Gasteiger partial charge in [0.2, 0.25) is 0 Å². The smallest absolute Gasteiger partial charge is 0.289 e. The second kappa shape index (κ2) is 5.13. The van der Waals surface area contributed by atoms with E-state index in [1.165, 1.54) is 10.9 Å². The summed E-state index contributed by atoms with van der Waals surface area (Å²) in [6.07, 6.45) is 3.03. The average Bonchev–Trinajstić information content (AvgIpc) is 2.78. The fourth-order valence-corrected chi connectivity index (χ4v) is 1.38. The third-order valence-electron chi connectivity index (χ3n) is 2.33. The van der Waals surface area contributed by atoms with Crippen LogP contribution in [0.5, 0.6) is 5.75 Å². The van der Waals surface area contributed by atoms with E-state index >= 15 is 0 Å². The molecular weight excluding hydrogens is 232 g/mol. The summed E-state index contributed by atoms with van der Waals surface area (Å²) >= 11 is 0. The lowest BCUT2D eigenvalue weighted by Crippen LogP contribution is -2.20. The normalized spacial score (nSPS) is 10.7. The van der Waals surface area contributed by atoms with Gasteiger partial charge in [0.1, 0.15) is 11.4 Å². The van der Waals surface area contributed by atoms with Crippen molar-refractivity contribution >= 4 is 12.1 Å². The van der Waals surface area contributed by atoms with Crippen LogP contribution >= 0.6 is 0 Å². The van der Waals surface area contributed by atoms with Crippen LogP contribution in [-0.2, 0) is 7.05 Å². The Kier molecular flexibility index (Phi) is 3.38. The summed E-state index contributed by atoms with van der Waals surface area (Å²) in [7, 11) is 1.68. The molecule has 0 saturated carbocycles. The van der Waals surface area contributed by atoms with Gasteiger partial charge in [-0.2, -0.15) is 10.2 Å². The van der Waals surface area contributed by atoms with Crippen LogP contribution in [-0.4, -0.2) is 27.0 Å². The van der Waals surface area contributed by atoms with Crippen LogP contribution < -0.4 is 5.43 Å². The fourth-order valence-electron chi connectivity index (χ4n) is 1.38. The van der Waals surface area contributed by atoms with Crippen LogP contribution in [0, 0.1) is 0 Å². The maximum atomic E-state index is 11.6. The maximum absolute atomic E-state index is 11.6. The van der Waals surface area contributed by atoms with Gasteiger partial charge in [-0.1, -0.05) is 0 Å². The molecule has 0 unspecified atom stereocenters. The van der Waals surface area contributed by atoms with Crippen molar-refractivity contribution in [1.29, 1.82) is 0 Å². The molecule has 1 aromatic heterocycles. The Morgan fingerprint density at radius 1 is 1.39 bits per heavy atom. The largest absolute Gasteiger partial charge is 0.508 e. The Morgan fingerprint density at radius 3 is 2.72 bits per heavy atom. The van der Waals surface area contributed by atoms with Crippen molar-refractivity contribution in [2.24, 2.45) is 12.1 Å². The Labute approximate surface area is 104 Å². The summed E-state index contributed by atoms with van der Waals surface area (Å²) in [6, 6.07) is 8.07. The van der Waals surface area contributed by atoms with Gasteiger partial charge in [0.25, 0.3) is 5.91 Å². The zero-order chi connectivity index (χ0) is 13.0. The lowest BCUT2D eigenvalue weighted by molar-refractivity contribution is 0.0945. The Morgan fingerprint density at radius 2 is 2.11 bits per heavy atom. The number of aromatic nitrogens is 2. The number of nitrogens with one attached hydrogen (secondary N) is 1. The zero-order valence-corrected chi connectivity index (χ0v) is 9.74. The summed E-state index contributed by atoms with van der Waals surface area (Å²) in [5.74, 6) is -0.143. The van der Waals surface area contributed by atoms with E-state index in [0.29, 0.717) is 5.69 Å². The molecule has 0 atom stereocenters. The third kappa shape index (κ3) is 2.73. The van der Waals surface area contributed by atoms with E-state index in [9.17, 15) is 4.79 Å². The van der Waals surface area contributed by atoms with Gasteiger partial charge < -0.3 is 5.11 Å². The molecule has 0 aliphatic rings. The second-order valence-electron chi connectivity index (χ2n) is 3.63. The van der Waals surface area contributed by atoms with Crippen molar-refractivity contribution in [2.75, 3.05) is 0 Å². The number of rotatable bonds is 3. The third-order valence-corrected chi connectivity index (χ3v) is 2.33. The molecular formula is C12H12N4O2. The number of carbonyl (C=O) groups excluding carboxylic acids is 1. The minimum Gasteiger partial charge on any atom is -0.508 e. The average molecular weight is 244 g/mol. The molecule has 6 nitrogen and oxygen atoms in total. The van der Waals surface area contributed by atoms with E-state index in [-0.39, 0.29) is 11.7 Å². The van der Waals surface area contributed by atoms with Crippen molar-refractivity contribution in [3.63, 3.8) is 0 Å². The number of nitrogens with zero attached hydrogens (tertiary/aromatic N) is 3. The molecule has 1 heterocycles. The number of hydrogen-bond acceptors (Lipinski definition) is 4. The molecule has 1 aromatic carbocycles. The van der Waals surface area contributed by atoms with Crippen LogP contribution in [0.15, 0.2) is 41.6 Å². The Balaban J connectivity index is 1.98. The quantitative estimate of drug-likeness (QED) is 0.621. The number of amides is 1. The first-order valence-electron chi connectivity index (χ1n) is 5.27. The van der Waals surface area contributed by atoms with Crippen molar-refractivity contribution in [3.05, 3.63) is 47.8 Å². The molecule has 2 N–H and O–H groups in total. The van der Waals surface area contributed by atoms with Crippen LogP contribution in [0.3, 0.4) is 0 Å². The number of phenolic OH excluding ortho intramolecular Hbond substituents is 1. The summed E-state index contributed by atoms with van der Waals surface area (Å²) in [5.41, 5.74) is 3.60. The van der Waals surface area contributed by atoms with Crippen molar-refractivity contribution < 1.29 is 9.90 Å². The van der Waals surface area contributed by atoms with Gasteiger partial charge in [-0.15, -0.1) is 0 Å². The van der Waals surface area contributed by atoms with Gasteiger partial charge in [-0.25, -0.2) is 5.43 Å². The number of phenols is 1. The SMILES string of the molecule is Cn1nccc1C(=O)N/N=C\c1ccc(O)cc1. The highest BCUT2D eigenvalue weighted by Crippen LogP contribution is 2.07. The maximum Gasteiger partial charge on any atom is 0.289 e. The van der Waals surface area contributed by atoms with E-state index in [0.717, 1.165) is 5.56 Å². The minimum atomic E-state index is -0.329.